The van der Waals surface area contributed by atoms with Gasteiger partial charge in [0.25, 0.3) is 0 Å². The minimum atomic E-state index is -4.46. The second-order valence-corrected chi connectivity index (χ2v) is 5.22. The minimum absolute atomic E-state index is 0.0806. The molecule has 1 unspecified atom stereocenters. The lowest BCUT2D eigenvalue weighted by atomic mass is 9.89. The summed E-state index contributed by atoms with van der Waals surface area (Å²) >= 11 is 0. The Hall–Kier alpha value is -2.09. The van der Waals surface area contributed by atoms with Crippen molar-refractivity contribution in [3.63, 3.8) is 0 Å². The molecule has 1 aliphatic rings. The summed E-state index contributed by atoms with van der Waals surface area (Å²) < 4.78 is 43.4. The van der Waals surface area contributed by atoms with Gasteiger partial charge in [0.15, 0.2) is 0 Å². The minimum Gasteiger partial charge on any atom is -0.463 e. The normalized spacial score (nSPS) is 20.8. The lowest BCUT2D eigenvalue weighted by molar-refractivity contribution is -0.168. The van der Waals surface area contributed by atoms with Gasteiger partial charge >= 0.3 is 12.1 Å². The van der Waals surface area contributed by atoms with Gasteiger partial charge in [-0.05, 0) is 18.6 Å². The molecule has 1 aromatic carbocycles. The highest BCUT2D eigenvalue weighted by atomic mass is 19.4. The Morgan fingerprint density at radius 2 is 2.22 bits per heavy atom. The summed E-state index contributed by atoms with van der Waals surface area (Å²) in [4.78, 5) is 17.5. The molecule has 8 heteroatoms. The molecule has 0 aromatic heterocycles. The topological polar surface area (TPSA) is 73.9 Å². The van der Waals surface area contributed by atoms with E-state index in [9.17, 15) is 18.0 Å². The number of hydrogen-bond acceptors (Lipinski definition) is 5. The Bertz CT molecular complexity index is 616. The Morgan fingerprint density at radius 3 is 2.78 bits per heavy atom. The zero-order valence-electron chi connectivity index (χ0n) is 12.5. The number of carbonyl (C=O) groups excluding carboxylic acids is 1. The fourth-order valence-electron chi connectivity index (χ4n) is 2.38. The van der Waals surface area contributed by atoms with Gasteiger partial charge in [0.1, 0.15) is 0 Å². The van der Waals surface area contributed by atoms with Crippen LogP contribution in [0.15, 0.2) is 29.4 Å². The van der Waals surface area contributed by atoms with Gasteiger partial charge in [-0.3, -0.25) is 0 Å². The lowest BCUT2D eigenvalue weighted by Crippen LogP contribution is -2.43. The highest BCUT2D eigenvalue weighted by molar-refractivity contribution is 5.94. The molecule has 23 heavy (non-hydrogen) atoms. The molecule has 0 saturated carbocycles. The molecule has 2 N–H and O–H groups in total. The smallest absolute Gasteiger partial charge is 0.416 e. The van der Waals surface area contributed by atoms with Crippen LogP contribution in [0.1, 0.15) is 24.5 Å². The van der Waals surface area contributed by atoms with E-state index in [0.29, 0.717) is 11.3 Å². The monoisotopic (exact) mass is 330 g/mol. The molecule has 0 fully saturated rings. The third kappa shape index (κ3) is 3.82. The average Bonchev–Trinajstić information content (AvgIpc) is 2.91. The Labute approximate surface area is 131 Å². The summed E-state index contributed by atoms with van der Waals surface area (Å²) in [6.07, 6.45) is -4.44. The van der Waals surface area contributed by atoms with Crippen molar-refractivity contribution in [3.05, 3.63) is 35.4 Å². The van der Waals surface area contributed by atoms with Gasteiger partial charge in [0, 0.05) is 19.4 Å². The molecule has 5 nitrogen and oxygen atoms in total. The number of hydrogen-bond donors (Lipinski definition) is 1. The van der Waals surface area contributed by atoms with E-state index < -0.39 is 23.3 Å². The molecule has 0 aliphatic carbocycles. The summed E-state index contributed by atoms with van der Waals surface area (Å²) in [5.74, 6) is -0.662. The molecule has 0 bridgehead atoms. The Balaban J connectivity index is 2.27. The Kier molecular flexibility index (Phi) is 4.93. The van der Waals surface area contributed by atoms with Crippen molar-refractivity contribution >= 4 is 11.7 Å². The van der Waals surface area contributed by atoms with Crippen molar-refractivity contribution in [2.24, 2.45) is 10.9 Å². The van der Waals surface area contributed by atoms with Gasteiger partial charge < -0.3 is 15.3 Å². The fourth-order valence-corrected chi connectivity index (χ4v) is 2.38. The van der Waals surface area contributed by atoms with Crippen molar-refractivity contribution < 1.29 is 27.5 Å². The second kappa shape index (κ2) is 6.57. The van der Waals surface area contributed by atoms with Gasteiger partial charge in [-0.15, -0.1) is 0 Å². The maximum atomic E-state index is 12.8. The molecule has 1 aromatic rings. The summed E-state index contributed by atoms with van der Waals surface area (Å²) in [7, 11) is 0. The van der Waals surface area contributed by atoms with E-state index >= 15 is 0 Å². The highest BCUT2D eigenvalue weighted by Gasteiger charge is 2.48. The molecule has 0 spiro atoms. The molecule has 126 valence electrons. The number of carbonyl (C=O) groups is 1. The van der Waals surface area contributed by atoms with Gasteiger partial charge in [-0.2, -0.15) is 13.2 Å². The van der Waals surface area contributed by atoms with E-state index in [-0.39, 0.29) is 26.0 Å². The summed E-state index contributed by atoms with van der Waals surface area (Å²) in [5.41, 5.74) is 4.01. The van der Waals surface area contributed by atoms with Gasteiger partial charge in [0.05, 0.1) is 17.9 Å². The molecule has 2 rings (SSSR count). The third-order valence-electron chi connectivity index (χ3n) is 3.47. The molecule has 1 aliphatic heterocycles. The number of nitrogens with zero attached hydrogens (tertiary/aromatic N) is 1. The zero-order chi connectivity index (χ0) is 17.1. The van der Waals surface area contributed by atoms with E-state index in [2.05, 4.69) is 5.16 Å². The van der Waals surface area contributed by atoms with Gasteiger partial charge in [-0.1, -0.05) is 23.4 Å². The van der Waals surface area contributed by atoms with Crippen LogP contribution in [0, 0.1) is 0 Å². The van der Waals surface area contributed by atoms with Crippen LogP contribution in [0.4, 0.5) is 13.2 Å². The highest BCUT2D eigenvalue weighted by Crippen LogP contribution is 2.33. The third-order valence-corrected chi connectivity index (χ3v) is 3.47. The number of halogens is 3. The van der Waals surface area contributed by atoms with E-state index in [1.807, 2.05) is 0 Å². The van der Waals surface area contributed by atoms with E-state index in [4.69, 9.17) is 15.3 Å². The second-order valence-electron chi connectivity index (χ2n) is 5.22. The van der Waals surface area contributed by atoms with Crippen molar-refractivity contribution in [1.82, 2.24) is 0 Å². The number of alkyl halides is 3. The molecular formula is C15H17F3N2O3. The summed E-state index contributed by atoms with van der Waals surface area (Å²) in [6, 6.07) is 4.75. The molecule has 0 amide bonds. The predicted molar refractivity (Wildman–Crippen MR) is 76.7 cm³/mol. The number of ether oxygens (including phenoxy) is 1. The average molecular weight is 330 g/mol. The standard InChI is InChI=1S/C15H17F3N2O3/c1-2-22-13(21)14(8-12(9-19)20-23-14)7-10-4-3-5-11(6-10)15(16,17)18/h3-6H,2,7-9,19H2,1H3. The van der Waals surface area contributed by atoms with Crippen LogP contribution in [-0.2, 0) is 27.0 Å². The van der Waals surface area contributed by atoms with Crippen LogP contribution >= 0.6 is 0 Å². The number of benzene rings is 1. The van der Waals surface area contributed by atoms with E-state index in [1.54, 1.807) is 6.92 Å². The number of oxime groups is 1. The number of nitrogens with two attached hydrogens (primary N) is 1. The largest absolute Gasteiger partial charge is 0.463 e. The van der Waals surface area contributed by atoms with Crippen molar-refractivity contribution in [2.75, 3.05) is 13.2 Å². The van der Waals surface area contributed by atoms with Crippen molar-refractivity contribution in [2.45, 2.75) is 31.5 Å². The van der Waals surface area contributed by atoms with E-state index in [1.165, 1.54) is 12.1 Å². The van der Waals surface area contributed by atoms with Crippen LogP contribution in [0.5, 0.6) is 0 Å². The number of esters is 1. The van der Waals surface area contributed by atoms with E-state index in [0.717, 1.165) is 12.1 Å². The maximum absolute atomic E-state index is 12.8. The molecule has 0 saturated heterocycles. The first-order chi connectivity index (χ1) is 10.8. The molecule has 1 heterocycles. The predicted octanol–water partition coefficient (Wildman–Crippen LogP) is 2.28. The van der Waals surface area contributed by atoms with Crippen LogP contribution in [0.2, 0.25) is 0 Å². The number of rotatable bonds is 5. The summed E-state index contributed by atoms with van der Waals surface area (Å²) in [5, 5.41) is 3.75. The van der Waals surface area contributed by atoms with Crippen LogP contribution < -0.4 is 5.73 Å². The van der Waals surface area contributed by atoms with Crippen molar-refractivity contribution in [1.29, 1.82) is 0 Å². The first-order valence-electron chi connectivity index (χ1n) is 7.08. The first kappa shape index (κ1) is 17.3. The van der Waals surface area contributed by atoms with Gasteiger partial charge in [0.2, 0.25) is 5.60 Å². The molecular weight excluding hydrogens is 313 g/mol. The first-order valence-corrected chi connectivity index (χ1v) is 7.08. The van der Waals surface area contributed by atoms with Crippen molar-refractivity contribution in [3.8, 4) is 0 Å². The maximum Gasteiger partial charge on any atom is 0.416 e. The molecule has 0 radical (unpaired) electrons. The van der Waals surface area contributed by atoms with Crippen LogP contribution in [0.3, 0.4) is 0 Å². The quantitative estimate of drug-likeness (QED) is 0.841. The molecule has 1 atom stereocenters. The zero-order valence-corrected chi connectivity index (χ0v) is 12.5. The lowest BCUT2D eigenvalue weighted by Gasteiger charge is -2.24. The van der Waals surface area contributed by atoms with Crippen LogP contribution in [-0.4, -0.2) is 30.4 Å². The fraction of sp³-hybridized carbons (Fsp3) is 0.467. The van der Waals surface area contributed by atoms with Gasteiger partial charge in [-0.25, -0.2) is 4.79 Å². The SMILES string of the molecule is CCOC(=O)C1(Cc2cccc(C(F)(F)F)c2)CC(CN)=NO1. The van der Waals surface area contributed by atoms with Crippen LogP contribution in [0.25, 0.3) is 0 Å². The Morgan fingerprint density at radius 1 is 1.48 bits per heavy atom. The summed E-state index contributed by atoms with van der Waals surface area (Å²) in [6.45, 7) is 1.86.